The number of anilines is 1. The van der Waals surface area contributed by atoms with E-state index in [1.165, 1.54) is 23.5 Å². The molecule has 0 unspecified atom stereocenters. The highest BCUT2D eigenvalue weighted by Crippen LogP contribution is 2.27. The Kier molecular flexibility index (Phi) is 3.60. The number of nitrogens with zero attached hydrogens (tertiary/aromatic N) is 1. The molecule has 0 aliphatic rings. The Labute approximate surface area is 130 Å². The molecule has 2 aromatic carbocycles. The average molecular weight is 312 g/mol. The van der Waals surface area contributed by atoms with Crippen molar-refractivity contribution in [3.8, 4) is 0 Å². The first-order valence-corrected chi connectivity index (χ1v) is 7.41. The van der Waals surface area contributed by atoms with Gasteiger partial charge in [0.25, 0.3) is 11.6 Å². The van der Waals surface area contributed by atoms with Crippen LogP contribution in [0.3, 0.4) is 0 Å². The summed E-state index contributed by atoms with van der Waals surface area (Å²) in [5.41, 5.74) is 1.19. The Morgan fingerprint density at radius 3 is 2.68 bits per heavy atom. The fraction of sp³-hybridized carbons (Fsp3) is 0.0625. The lowest BCUT2D eigenvalue weighted by Crippen LogP contribution is -2.11. The van der Waals surface area contributed by atoms with Gasteiger partial charge in [-0.05, 0) is 30.0 Å². The minimum atomic E-state index is -0.478. The molecule has 0 fully saturated rings. The fourth-order valence-electron chi connectivity index (χ4n) is 2.14. The van der Waals surface area contributed by atoms with Gasteiger partial charge in [0.05, 0.1) is 15.5 Å². The van der Waals surface area contributed by atoms with Gasteiger partial charge in [-0.25, -0.2) is 0 Å². The van der Waals surface area contributed by atoms with Crippen LogP contribution < -0.4 is 5.32 Å². The summed E-state index contributed by atoms with van der Waals surface area (Å²) in [7, 11) is 0. The van der Waals surface area contributed by atoms with Gasteiger partial charge in [0.1, 0.15) is 0 Å². The Balaban J connectivity index is 1.90. The summed E-state index contributed by atoms with van der Waals surface area (Å²) < 4.78 is 1.03. The molecular formula is C16H12N2O3S. The third-order valence-electron chi connectivity index (χ3n) is 3.33. The number of hydrogen-bond acceptors (Lipinski definition) is 4. The topological polar surface area (TPSA) is 72.2 Å². The van der Waals surface area contributed by atoms with Crippen molar-refractivity contribution in [3.63, 3.8) is 0 Å². The lowest BCUT2D eigenvalue weighted by atomic mass is 10.2. The second kappa shape index (κ2) is 5.57. The number of nitro benzene ring substituents is 1. The molecule has 0 saturated heterocycles. The van der Waals surface area contributed by atoms with Crippen LogP contribution in [0.5, 0.6) is 0 Å². The van der Waals surface area contributed by atoms with E-state index in [4.69, 9.17) is 0 Å². The van der Waals surface area contributed by atoms with E-state index in [1.54, 1.807) is 13.0 Å². The number of amides is 1. The van der Waals surface area contributed by atoms with E-state index in [1.807, 2.05) is 30.3 Å². The predicted molar refractivity (Wildman–Crippen MR) is 87.6 cm³/mol. The second-order valence-electron chi connectivity index (χ2n) is 4.86. The van der Waals surface area contributed by atoms with Crippen LogP contribution in [0.4, 0.5) is 11.4 Å². The molecular weight excluding hydrogens is 300 g/mol. The summed E-state index contributed by atoms with van der Waals surface area (Å²) in [5.74, 6) is -0.259. The highest BCUT2D eigenvalue weighted by Gasteiger charge is 2.14. The summed E-state index contributed by atoms with van der Waals surface area (Å²) in [6, 6.07) is 14.0. The number of aryl methyl sites for hydroxylation is 1. The van der Waals surface area contributed by atoms with Crippen LogP contribution in [0.2, 0.25) is 0 Å². The Morgan fingerprint density at radius 1 is 1.18 bits per heavy atom. The zero-order chi connectivity index (χ0) is 15.7. The maximum atomic E-state index is 12.3. The van der Waals surface area contributed by atoms with Crippen molar-refractivity contribution < 1.29 is 9.72 Å². The summed E-state index contributed by atoms with van der Waals surface area (Å²) in [4.78, 5) is 23.3. The monoisotopic (exact) mass is 312 g/mol. The number of nitrogens with one attached hydrogen (secondary N) is 1. The lowest BCUT2D eigenvalue weighted by molar-refractivity contribution is -0.384. The molecule has 3 rings (SSSR count). The Hall–Kier alpha value is -2.73. The van der Waals surface area contributed by atoms with Gasteiger partial charge in [0.2, 0.25) is 0 Å². The van der Waals surface area contributed by atoms with Crippen LogP contribution in [0, 0.1) is 17.0 Å². The van der Waals surface area contributed by atoms with E-state index in [-0.39, 0.29) is 11.6 Å². The van der Waals surface area contributed by atoms with Gasteiger partial charge in [0.15, 0.2) is 0 Å². The highest BCUT2D eigenvalue weighted by atomic mass is 32.1. The van der Waals surface area contributed by atoms with E-state index in [0.29, 0.717) is 10.6 Å². The van der Waals surface area contributed by atoms with E-state index in [9.17, 15) is 14.9 Å². The van der Waals surface area contributed by atoms with Gasteiger partial charge < -0.3 is 5.32 Å². The van der Waals surface area contributed by atoms with Gasteiger partial charge in [-0.15, -0.1) is 11.3 Å². The zero-order valence-electron chi connectivity index (χ0n) is 11.7. The van der Waals surface area contributed by atoms with Crippen molar-refractivity contribution in [3.05, 3.63) is 69.1 Å². The van der Waals surface area contributed by atoms with E-state index < -0.39 is 4.92 Å². The molecule has 0 radical (unpaired) electrons. The smallest absolute Gasteiger partial charge is 0.271 e. The molecule has 1 aromatic heterocycles. The van der Waals surface area contributed by atoms with Crippen molar-refractivity contribution in [2.24, 2.45) is 0 Å². The second-order valence-corrected chi connectivity index (χ2v) is 5.94. The Bertz CT molecular complexity index is 853. The average Bonchev–Trinajstić information content (AvgIpc) is 2.93. The van der Waals surface area contributed by atoms with E-state index in [0.717, 1.165) is 15.6 Å². The SMILES string of the molecule is Cc1ccc([N+](=O)[O-])cc1NC(=O)c1cc2ccccc2s1. The van der Waals surface area contributed by atoms with Gasteiger partial charge in [0, 0.05) is 16.8 Å². The summed E-state index contributed by atoms with van der Waals surface area (Å²) in [6.07, 6.45) is 0. The first kappa shape index (κ1) is 14.2. The molecule has 22 heavy (non-hydrogen) atoms. The molecule has 5 nitrogen and oxygen atoms in total. The van der Waals surface area contributed by atoms with Crippen molar-refractivity contribution >= 4 is 38.7 Å². The van der Waals surface area contributed by atoms with Gasteiger partial charge in [-0.3, -0.25) is 14.9 Å². The molecule has 110 valence electrons. The van der Waals surface area contributed by atoms with Gasteiger partial charge in [-0.2, -0.15) is 0 Å². The molecule has 0 aliphatic heterocycles. The number of rotatable bonds is 3. The quantitative estimate of drug-likeness (QED) is 0.576. The van der Waals surface area contributed by atoms with Crippen LogP contribution >= 0.6 is 11.3 Å². The maximum Gasteiger partial charge on any atom is 0.271 e. The minimum Gasteiger partial charge on any atom is -0.321 e. The first-order chi connectivity index (χ1) is 10.5. The molecule has 1 amide bonds. The number of non-ortho nitro benzene ring substituents is 1. The summed E-state index contributed by atoms with van der Waals surface area (Å²) in [6.45, 7) is 1.80. The number of thiophene rings is 1. The molecule has 0 atom stereocenters. The number of benzene rings is 2. The molecule has 0 spiro atoms. The molecule has 0 bridgehead atoms. The van der Waals surface area contributed by atoms with Crippen LogP contribution in [0.15, 0.2) is 48.5 Å². The molecule has 0 aliphatic carbocycles. The standard InChI is InChI=1S/C16H12N2O3S/c1-10-6-7-12(18(20)21)9-13(10)17-16(19)15-8-11-4-2-3-5-14(11)22-15/h2-9H,1H3,(H,17,19). The predicted octanol–water partition coefficient (Wildman–Crippen LogP) is 4.37. The van der Waals surface area contributed by atoms with Crippen molar-refractivity contribution in [2.75, 3.05) is 5.32 Å². The third-order valence-corrected chi connectivity index (χ3v) is 4.44. The van der Waals surface area contributed by atoms with Crippen LogP contribution in [-0.4, -0.2) is 10.8 Å². The van der Waals surface area contributed by atoms with E-state index >= 15 is 0 Å². The van der Waals surface area contributed by atoms with Crippen LogP contribution in [0.1, 0.15) is 15.2 Å². The molecule has 1 heterocycles. The lowest BCUT2D eigenvalue weighted by Gasteiger charge is -2.06. The van der Waals surface area contributed by atoms with Crippen LogP contribution in [0.25, 0.3) is 10.1 Å². The first-order valence-electron chi connectivity index (χ1n) is 6.59. The largest absolute Gasteiger partial charge is 0.321 e. The number of hydrogen-bond donors (Lipinski definition) is 1. The third kappa shape index (κ3) is 2.68. The normalized spacial score (nSPS) is 10.6. The summed E-state index contributed by atoms with van der Waals surface area (Å²) >= 11 is 1.40. The maximum absolute atomic E-state index is 12.3. The zero-order valence-corrected chi connectivity index (χ0v) is 12.5. The Morgan fingerprint density at radius 2 is 1.95 bits per heavy atom. The molecule has 0 saturated carbocycles. The molecule has 3 aromatic rings. The van der Waals surface area contributed by atoms with Crippen molar-refractivity contribution in [1.29, 1.82) is 0 Å². The molecule has 6 heteroatoms. The molecule has 1 N–H and O–H groups in total. The number of carbonyl (C=O) groups is 1. The fourth-order valence-corrected chi connectivity index (χ4v) is 3.09. The number of carbonyl (C=O) groups excluding carboxylic acids is 1. The number of fused-ring (bicyclic) bond motifs is 1. The van der Waals surface area contributed by atoms with Crippen molar-refractivity contribution in [1.82, 2.24) is 0 Å². The minimum absolute atomic E-state index is 0.0442. The van der Waals surface area contributed by atoms with Crippen molar-refractivity contribution in [2.45, 2.75) is 6.92 Å². The highest BCUT2D eigenvalue weighted by molar-refractivity contribution is 7.20. The van der Waals surface area contributed by atoms with Gasteiger partial charge >= 0.3 is 0 Å². The van der Waals surface area contributed by atoms with E-state index in [2.05, 4.69) is 5.32 Å². The summed E-state index contributed by atoms with van der Waals surface area (Å²) in [5, 5.41) is 14.6. The van der Waals surface area contributed by atoms with Gasteiger partial charge in [-0.1, -0.05) is 24.3 Å². The number of nitro groups is 1. The van der Waals surface area contributed by atoms with Crippen LogP contribution in [-0.2, 0) is 0 Å².